The summed E-state index contributed by atoms with van der Waals surface area (Å²) in [4.78, 5) is 36.8. The van der Waals surface area contributed by atoms with Crippen molar-refractivity contribution >= 4 is 17.8 Å². The van der Waals surface area contributed by atoms with E-state index in [1.54, 1.807) is 0 Å². The number of hydrogen-bond donors (Lipinski definition) is 2. The summed E-state index contributed by atoms with van der Waals surface area (Å²) in [6, 6.07) is 0. The number of nitrogens with zero attached hydrogens (tertiary/aromatic N) is 2. The summed E-state index contributed by atoms with van der Waals surface area (Å²) in [7, 11) is 4.19. The van der Waals surface area contributed by atoms with E-state index >= 15 is 0 Å². The zero-order valence-electron chi connectivity index (χ0n) is 32.4. The molecule has 0 bridgehead atoms. The minimum atomic E-state index is -8.16. The van der Waals surface area contributed by atoms with Crippen molar-refractivity contribution in [2.24, 2.45) is 0 Å². The van der Waals surface area contributed by atoms with Gasteiger partial charge in [-0.05, 0) is 0 Å². The van der Waals surface area contributed by atoms with Gasteiger partial charge in [0.1, 0.15) is 13.1 Å². The first-order chi connectivity index (χ1) is 27.7. The molecule has 0 aliphatic heterocycles. The maximum absolute atomic E-state index is 14.1. The van der Waals surface area contributed by atoms with E-state index in [2.05, 4.69) is 6.58 Å². The molecular weight excluding hydrogens is 974 g/mol. The molecular formula is C30H34F26N4O4+2. The summed E-state index contributed by atoms with van der Waals surface area (Å²) in [5.74, 6) is -81.0. The summed E-state index contributed by atoms with van der Waals surface area (Å²) in [6.07, 6.45) is -21.9. The molecule has 0 saturated heterocycles. The lowest BCUT2D eigenvalue weighted by atomic mass is 9.92. The molecule has 0 unspecified atom stereocenters. The molecule has 0 aromatic heterocycles. The number of nitrogens with one attached hydrogen (secondary N) is 2. The molecule has 8 nitrogen and oxygen atoms in total. The van der Waals surface area contributed by atoms with Gasteiger partial charge in [-0.15, -0.1) is 0 Å². The molecule has 0 heterocycles. The van der Waals surface area contributed by atoms with Crippen molar-refractivity contribution in [3.63, 3.8) is 0 Å². The van der Waals surface area contributed by atoms with E-state index in [4.69, 9.17) is 4.74 Å². The number of esters is 1. The Morgan fingerprint density at radius 2 is 0.719 bits per heavy atom. The third kappa shape index (κ3) is 12.0. The van der Waals surface area contributed by atoms with Crippen LogP contribution >= 0.6 is 0 Å². The summed E-state index contributed by atoms with van der Waals surface area (Å²) < 4.78 is 350. The fourth-order valence-electron chi connectivity index (χ4n) is 5.10. The van der Waals surface area contributed by atoms with E-state index in [0.29, 0.717) is 6.08 Å². The van der Waals surface area contributed by atoms with Crippen LogP contribution in [0.5, 0.6) is 0 Å². The zero-order valence-corrected chi connectivity index (χ0v) is 32.4. The van der Waals surface area contributed by atoms with E-state index in [1.807, 2.05) is 0 Å². The van der Waals surface area contributed by atoms with Crippen molar-refractivity contribution in [2.45, 2.75) is 90.5 Å². The third-order valence-electron chi connectivity index (χ3n) is 8.51. The van der Waals surface area contributed by atoms with Gasteiger partial charge in [-0.25, -0.2) is 4.79 Å². The number of likely N-dealkylation sites (N-methyl/N-ethyl adjacent to an activating group) is 2. The van der Waals surface area contributed by atoms with E-state index in [-0.39, 0.29) is 0 Å². The minimum absolute atomic E-state index is 0.519. The first-order valence-corrected chi connectivity index (χ1v) is 16.7. The number of halogens is 26. The fourth-order valence-corrected chi connectivity index (χ4v) is 5.10. The molecule has 0 radical (unpaired) electrons. The number of carbonyl (C=O) groups is 3. The van der Waals surface area contributed by atoms with Crippen LogP contribution in [0, 0.1) is 0 Å². The Morgan fingerprint density at radius 3 is 0.953 bits per heavy atom. The predicted octanol–water partition coefficient (Wildman–Crippen LogP) is 7.73. The summed E-state index contributed by atoms with van der Waals surface area (Å²) in [6.45, 7) is -4.04. The van der Waals surface area contributed by atoms with Crippen molar-refractivity contribution in [3.8, 4) is 0 Å². The molecule has 0 fully saturated rings. The molecule has 0 rings (SSSR count). The molecule has 0 saturated carbocycles. The molecule has 0 aliphatic carbocycles. The molecule has 2 N–H and O–H groups in total. The van der Waals surface area contributed by atoms with E-state index in [0.717, 1.165) is 28.2 Å². The lowest BCUT2D eigenvalue weighted by Gasteiger charge is -2.39. The number of hydrogen-bond acceptors (Lipinski definition) is 4. The highest BCUT2D eigenvalue weighted by Crippen LogP contribution is 2.62. The molecule has 64 heavy (non-hydrogen) atoms. The van der Waals surface area contributed by atoms with Crippen LogP contribution in [0.2, 0.25) is 0 Å². The maximum atomic E-state index is 14.1. The van der Waals surface area contributed by atoms with Crippen molar-refractivity contribution in [1.82, 2.24) is 10.6 Å². The number of quaternary nitrogens is 2. The number of alkyl halides is 26. The minimum Gasteiger partial charge on any atom is -0.447 e. The van der Waals surface area contributed by atoms with Crippen LogP contribution in [-0.2, 0) is 19.1 Å². The molecule has 2 amide bonds. The van der Waals surface area contributed by atoms with Gasteiger partial charge in [-0.1, -0.05) is 6.58 Å². The third-order valence-corrected chi connectivity index (χ3v) is 8.51. The molecule has 378 valence electrons. The van der Waals surface area contributed by atoms with Crippen LogP contribution in [0.15, 0.2) is 12.7 Å². The monoisotopic (exact) mass is 1010 g/mol. The van der Waals surface area contributed by atoms with Gasteiger partial charge in [0.25, 0.3) is 11.8 Å². The predicted molar refractivity (Wildman–Crippen MR) is 161 cm³/mol. The summed E-state index contributed by atoms with van der Waals surface area (Å²) >= 11 is 0. The number of rotatable bonds is 24. The van der Waals surface area contributed by atoms with Crippen LogP contribution in [0.4, 0.5) is 114 Å². The molecule has 0 aromatic carbocycles. The molecule has 0 aromatic rings. The second kappa shape index (κ2) is 18.5. The second-order valence-electron chi connectivity index (χ2n) is 15.0. The molecule has 34 heteroatoms. The van der Waals surface area contributed by atoms with E-state index in [1.165, 1.54) is 10.6 Å². The number of ether oxygens (including phenoxy) is 1. The smallest absolute Gasteiger partial charge is 0.447 e. The Labute approximate surface area is 342 Å². The number of carbonyl (C=O) groups excluding carboxylic acids is 3. The molecule has 0 spiro atoms. The molecule has 0 atom stereocenters. The second-order valence-corrected chi connectivity index (χ2v) is 15.0. The van der Waals surface area contributed by atoms with E-state index < -0.39 is 157 Å². The van der Waals surface area contributed by atoms with Gasteiger partial charge in [-0.2, -0.15) is 114 Å². The lowest BCUT2D eigenvalue weighted by Crippen LogP contribution is -2.70. The Balaban J connectivity index is 5.87. The van der Waals surface area contributed by atoms with Gasteiger partial charge in [0.2, 0.25) is 0 Å². The average Bonchev–Trinajstić information content (AvgIpc) is 3.05. The highest BCUT2D eigenvalue weighted by molar-refractivity contribution is 5.81. The highest BCUT2D eigenvalue weighted by Gasteiger charge is 2.92. The van der Waals surface area contributed by atoms with Gasteiger partial charge in [0.05, 0.1) is 28.2 Å². The first-order valence-electron chi connectivity index (χ1n) is 16.7. The SMILES string of the molecule is C=CC(=O)OC(C[N+](C)(C)CC(=O)NCCC(F)(F)C(F)(F)C(F)(F)C(F)(F)C(F)(F)C(F)(F)F)C[N+](C)(C)CC(=O)NCCC(F)(F)C(F)(F)C(F)(F)C(F)(F)C(F)(F)C(F)(F)F. The maximum Gasteiger partial charge on any atom is 0.460 e. The molecule has 0 aliphatic rings. The van der Waals surface area contributed by atoms with Crippen LogP contribution in [-0.4, -0.2) is 172 Å². The quantitative estimate of drug-likeness (QED) is 0.0450. The van der Waals surface area contributed by atoms with Crippen LogP contribution in [0.1, 0.15) is 12.8 Å². The lowest BCUT2D eigenvalue weighted by molar-refractivity contribution is -0.906. The Morgan fingerprint density at radius 1 is 0.469 bits per heavy atom. The van der Waals surface area contributed by atoms with Crippen molar-refractivity contribution in [3.05, 3.63) is 12.7 Å². The summed E-state index contributed by atoms with van der Waals surface area (Å²) in [5.41, 5.74) is 0. The van der Waals surface area contributed by atoms with Gasteiger partial charge < -0.3 is 24.3 Å². The van der Waals surface area contributed by atoms with Gasteiger partial charge in [-0.3, -0.25) is 9.59 Å². The van der Waals surface area contributed by atoms with Crippen molar-refractivity contribution < 1.29 is 142 Å². The topological polar surface area (TPSA) is 84.5 Å². The van der Waals surface area contributed by atoms with Gasteiger partial charge in [0.15, 0.2) is 19.2 Å². The normalized spacial score (nSPS) is 15.3. The highest BCUT2D eigenvalue weighted by atomic mass is 19.4. The van der Waals surface area contributed by atoms with Crippen LogP contribution < -0.4 is 10.6 Å². The average molecular weight is 1010 g/mol. The fraction of sp³-hybridized carbons (Fsp3) is 0.833. The zero-order chi connectivity index (χ0) is 51.8. The van der Waals surface area contributed by atoms with E-state index in [9.17, 15) is 129 Å². The van der Waals surface area contributed by atoms with Crippen molar-refractivity contribution in [1.29, 1.82) is 0 Å². The summed E-state index contributed by atoms with van der Waals surface area (Å²) in [5, 5.41) is 2.82. The first kappa shape index (κ1) is 60.2. The standard InChI is InChI=1S/C30H32F26N4O4/c1-6-18(63)64-15(11-59(2,3)13-16(61)57-9-7-19(31,32)21(35,36)23(39,40)25(43,44)27(47,48)29(51,52)53)12-60(4,5)14-17(62)58-10-8-20(33,34)22(37,38)24(41,42)26(45,46)28(49,50)30(54,55)56/h6,15H,1,7-14H2,2-5H3/p+2. The van der Waals surface area contributed by atoms with Crippen LogP contribution in [0.3, 0.4) is 0 Å². The van der Waals surface area contributed by atoms with Crippen molar-refractivity contribution in [2.75, 3.05) is 67.5 Å². The van der Waals surface area contributed by atoms with Gasteiger partial charge in [0, 0.05) is 32.0 Å². The van der Waals surface area contributed by atoms with Gasteiger partial charge >= 0.3 is 77.5 Å². The Hall–Kier alpha value is -3.75. The number of amides is 2. The largest absolute Gasteiger partial charge is 0.460 e. The Bertz CT molecular complexity index is 1550. The Kier molecular flexibility index (Phi) is 17.4. The van der Waals surface area contributed by atoms with Crippen LogP contribution in [0.25, 0.3) is 0 Å².